The molecule has 0 aliphatic carbocycles. The van der Waals surface area contributed by atoms with Crippen LogP contribution in [0.5, 0.6) is 0 Å². The van der Waals surface area contributed by atoms with Crippen LogP contribution in [0.1, 0.15) is 20.8 Å². The van der Waals surface area contributed by atoms with Gasteiger partial charge in [-0.05, 0) is 27.0 Å². The van der Waals surface area contributed by atoms with E-state index in [9.17, 15) is 8.42 Å². The van der Waals surface area contributed by atoms with Crippen molar-refractivity contribution in [2.75, 3.05) is 24.7 Å². The van der Waals surface area contributed by atoms with Gasteiger partial charge >= 0.3 is 0 Å². The summed E-state index contributed by atoms with van der Waals surface area (Å²) in [6.07, 6.45) is 3.69. The van der Waals surface area contributed by atoms with Crippen molar-refractivity contribution in [2.45, 2.75) is 30.5 Å². The summed E-state index contributed by atoms with van der Waals surface area (Å²) in [4.78, 5) is 5.00. The number of rotatable bonds is 7. The lowest BCUT2D eigenvalue weighted by Gasteiger charge is -2.22. The third-order valence-electron chi connectivity index (χ3n) is 3.06. The van der Waals surface area contributed by atoms with Crippen molar-refractivity contribution >= 4 is 43.9 Å². The highest BCUT2D eigenvalue weighted by molar-refractivity contribution is 8.00. The lowest BCUT2D eigenvalue weighted by Crippen LogP contribution is -2.36. The number of hydrogen-bond donors (Lipinski definition) is 2. The Morgan fingerprint density at radius 3 is 2.81 bits per heavy atom. The van der Waals surface area contributed by atoms with E-state index >= 15 is 0 Å². The van der Waals surface area contributed by atoms with Gasteiger partial charge in [-0.2, -0.15) is 11.8 Å². The predicted molar refractivity (Wildman–Crippen MR) is 90.0 cm³/mol. The van der Waals surface area contributed by atoms with Gasteiger partial charge in [0.1, 0.15) is 0 Å². The average Bonchev–Trinajstić information content (AvgIpc) is 2.97. The van der Waals surface area contributed by atoms with Gasteiger partial charge in [0.25, 0.3) is 10.0 Å². The molecule has 0 aliphatic heterocycles. The van der Waals surface area contributed by atoms with E-state index in [-0.39, 0.29) is 9.77 Å². The van der Waals surface area contributed by atoms with Crippen LogP contribution in [0.4, 0.5) is 5.82 Å². The Morgan fingerprint density at radius 2 is 2.19 bits per heavy atom. The Labute approximate surface area is 133 Å². The van der Waals surface area contributed by atoms with Crippen molar-refractivity contribution in [3.63, 3.8) is 0 Å². The van der Waals surface area contributed by atoms with E-state index in [1.54, 1.807) is 22.4 Å². The summed E-state index contributed by atoms with van der Waals surface area (Å²) >= 11 is 3.03. The molecule has 0 aliphatic rings. The van der Waals surface area contributed by atoms with E-state index in [1.165, 1.54) is 11.3 Å². The number of nitrogens with zero attached hydrogens (tertiary/aromatic N) is 2. The second kappa shape index (κ2) is 6.15. The number of anilines is 1. The molecule has 2 aromatic heterocycles. The SMILES string of the molecule is CCNc1nc2sccn2c1S(=O)(=O)NCC(C)(C)SC. The molecule has 0 spiro atoms. The summed E-state index contributed by atoms with van der Waals surface area (Å²) in [7, 11) is -3.63. The van der Waals surface area contributed by atoms with Crippen LogP contribution < -0.4 is 10.0 Å². The van der Waals surface area contributed by atoms with Crippen LogP contribution in [0.25, 0.3) is 4.96 Å². The molecule has 9 heteroatoms. The van der Waals surface area contributed by atoms with Gasteiger partial charge in [0.2, 0.25) is 0 Å². The molecule has 0 fully saturated rings. The zero-order valence-electron chi connectivity index (χ0n) is 12.5. The Kier molecular flexibility index (Phi) is 4.86. The fourth-order valence-corrected chi connectivity index (χ4v) is 4.26. The molecule has 0 saturated heterocycles. The maximum absolute atomic E-state index is 12.6. The molecule has 2 aromatic rings. The topological polar surface area (TPSA) is 75.5 Å². The minimum absolute atomic E-state index is 0.163. The first-order chi connectivity index (χ1) is 9.80. The van der Waals surface area contributed by atoms with E-state index < -0.39 is 10.0 Å². The normalized spacial score (nSPS) is 13.0. The molecule has 6 nitrogen and oxygen atoms in total. The van der Waals surface area contributed by atoms with E-state index in [4.69, 9.17) is 0 Å². The van der Waals surface area contributed by atoms with E-state index in [2.05, 4.69) is 15.0 Å². The molecule has 0 bridgehead atoms. The Morgan fingerprint density at radius 1 is 1.48 bits per heavy atom. The third kappa shape index (κ3) is 3.53. The molecule has 2 rings (SSSR count). The van der Waals surface area contributed by atoms with Crippen molar-refractivity contribution < 1.29 is 8.42 Å². The van der Waals surface area contributed by atoms with E-state index in [0.717, 1.165) is 0 Å². The quantitative estimate of drug-likeness (QED) is 0.803. The Balaban J connectivity index is 2.38. The maximum Gasteiger partial charge on any atom is 0.260 e. The van der Waals surface area contributed by atoms with Gasteiger partial charge in [0, 0.05) is 29.4 Å². The summed E-state index contributed by atoms with van der Waals surface area (Å²) in [6.45, 7) is 6.89. The van der Waals surface area contributed by atoms with Crippen LogP contribution in [-0.4, -0.2) is 41.9 Å². The molecule has 0 saturated carbocycles. The fraction of sp³-hybridized carbons (Fsp3) is 0.583. The minimum Gasteiger partial charge on any atom is -0.368 e. The first-order valence-electron chi connectivity index (χ1n) is 6.55. The van der Waals surface area contributed by atoms with Crippen LogP contribution in [0.2, 0.25) is 0 Å². The lowest BCUT2D eigenvalue weighted by atomic mass is 10.2. The molecule has 21 heavy (non-hydrogen) atoms. The van der Waals surface area contributed by atoms with Crippen LogP contribution in [0, 0.1) is 0 Å². The summed E-state index contributed by atoms with van der Waals surface area (Å²) in [5.41, 5.74) is 0. The highest BCUT2D eigenvalue weighted by Gasteiger charge is 2.28. The van der Waals surface area contributed by atoms with Crippen molar-refractivity contribution in [2.24, 2.45) is 0 Å². The average molecular weight is 349 g/mol. The van der Waals surface area contributed by atoms with E-state index in [1.807, 2.05) is 32.4 Å². The zero-order chi connectivity index (χ0) is 15.7. The molecule has 0 radical (unpaired) electrons. The molecule has 0 amide bonds. The Bertz CT molecular complexity index is 718. The summed E-state index contributed by atoms with van der Waals surface area (Å²) in [6, 6.07) is 0. The van der Waals surface area contributed by atoms with Crippen molar-refractivity contribution in [3.05, 3.63) is 11.6 Å². The summed E-state index contributed by atoms with van der Waals surface area (Å²) < 4.78 is 29.4. The van der Waals surface area contributed by atoms with E-state index in [0.29, 0.717) is 23.9 Å². The first-order valence-corrected chi connectivity index (χ1v) is 10.1. The maximum atomic E-state index is 12.6. The smallest absolute Gasteiger partial charge is 0.260 e. The van der Waals surface area contributed by atoms with Gasteiger partial charge in [-0.25, -0.2) is 18.1 Å². The van der Waals surface area contributed by atoms with Crippen LogP contribution in [0.15, 0.2) is 16.6 Å². The number of sulfonamides is 1. The molecule has 0 atom stereocenters. The van der Waals surface area contributed by atoms with Crippen molar-refractivity contribution in [1.29, 1.82) is 0 Å². The number of thiazole rings is 1. The third-order valence-corrected chi connectivity index (χ3v) is 6.49. The standard InChI is InChI=1S/C12H20N4O2S3/c1-5-13-9-10(16-6-7-20-11(16)15-9)21(17,18)14-8-12(2,3)19-4/h6-7,13-14H,5,8H2,1-4H3. The largest absolute Gasteiger partial charge is 0.368 e. The zero-order valence-corrected chi connectivity index (χ0v) is 15.0. The molecule has 0 unspecified atom stereocenters. The fourth-order valence-electron chi connectivity index (χ4n) is 1.71. The summed E-state index contributed by atoms with van der Waals surface area (Å²) in [5, 5.41) is 5.02. The molecular weight excluding hydrogens is 328 g/mol. The van der Waals surface area contributed by atoms with Crippen LogP contribution in [0.3, 0.4) is 0 Å². The van der Waals surface area contributed by atoms with Gasteiger partial charge in [-0.3, -0.25) is 4.40 Å². The van der Waals surface area contributed by atoms with Gasteiger partial charge in [-0.15, -0.1) is 11.3 Å². The molecular formula is C12H20N4O2S3. The highest BCUT2D eigenvalue weighted by Crippen LogP contribution is 2.26. The number of nitrogens with one attached hydrogen (secondary N) is 2. The number of aromatic nitrogens is 2. The van der Waals surface area contributed by atoms with Gasteiger partial charge < -0.3 is 5.32 Å². The summed E-state index contributed by atoms with van der Waals surface area (Å²) in [5.74, 6) is 0.402. The van der Waals surface area contributed by atoms with Gasteiger partial charge in [-0.1, -0.05) is 0 Å². The van der Waals surface area contributed by atoms with Crippen LogP contribution in [-0.2, 0) is 10.0 Å². The Hall–Kier alpha value is -0.770. The monoisotopic (exact) mass is 348 g/mol. The first kappa shape index (κ1) is 16.6. The predicted octanol–water partition coefficient (Wildman–Crippen LogP) is 2.25. The van der Waals surface area contributed by atoms with Crippen molar-refractivity contribution in [3.8, 4) is 0 Å². The number of thioether (sulfide) groups is 1. The molecule has 2 N–H and O–H groups in total. The second-order valence-corrected chi connectivity index (χ2v) is 9.21. The molecule has 118 valence electrons. The molecule has 2 heterocycles. The number of imidazole rings is 1. The minimum atomic E-state index is -3.63. The highest BCUT2D eigenvalue weighted by atomic mass is 32.2. The van der Waals surface area contributed by atoms with Gasteiger partial charge in [0.15, 0.2) is 15.8 Å². The molecule has 0 aromatic carbocycles. The lowest BCUT2D eigenvalue weighted by molar-refractivity contribution is 0.566. The van der Waals surface area contributed by atoms with Crippen molar-refractivity contribution in [1.82, 2.24) is 14.1 Å². The van der Waals surface area contributed by atoms with Gasteiger partial charge in [0.05, 0.1) is 0 Å². The second-order valence-electron chi connectivity index (χ2n) is 5.14. The number of hydrogen-bond acceptors (Lipinski definition) is 6. The van der Waals surface area contributed by atoms with Crippen LogP contribution >= 0.6 is 23.1 Å². The number of fused-ring (bicyclic) bond motifs is 1.